The molecule has 2 heterocycles. The van der Waals surface area contributed by atoms with Gasteiger partial charge < -0.3 is 9.72 Å². The van der Waals surface area contributed by atoms with E-state index in [1.807, 2.05) is 6.07 Å². The summed E-state index contributed by atoms with van der Waals surface area (Å²) in [7, 11) is 0. The van der Waals surface area contributed by atoms with Crippen LogP contribution in [0.1, 0.15) is 61.6 Å². The Kier molecular flexibility index (Phi) is 5.95. The van der Waals surface area contributed by atoms with E-state index < -0.39 is 30.0 Å². The summed E-state index contributed by atoms with van der Waals surface area (Å²) in [5.74, 6) is -1.65. The number of rotatable bonds is 3. The molecule has 34 heavy (non-hydrogen) atoms. The lowest BCUT2D eigenvalue weighted by atomic mass is 9.82. The van der Waals surface area contributed by atoms with E-state index in [0.717, 1.165) is 16.6 Å². The predicted molar refractivity (Wildman–Crippen MR) is 119 cm³/mol. The molecule has 1 N–H and O–H groups in total. The Hall–Kier alpha value is -3.10. The summed E-state index contributed by atoms with van der Waals surface area (Å²) in [6.07, 6.45) is -0.748. The summed E-state index contributed by atoms with van der Waals surface area (Å²) >= 11 is 0. The Labute approximate surface area is 194 Å². The Morgan fingerprint density at radius 1 is 1.03 bits per heavy atom. The van der Waals surface area contributed by atoms with Crippen molar-refractivity contribution in [2.75, 3.05) is 11.5 Å². The molecule has 9 heteroatoms. The Balaban J connectivity index is 1.35. The monoisotopic (exact) mass is 475 g/mol. The van der Waals surface area contributed by atoms with E-state index in [2.05, 4.69) is 9.97 Å². The number of aromatic nitrogens is 2. The molecule has 1 amide bonds. The van der Waals surface area contributed by atoms with Gasteiger partial charge in [-0.25, -0.2) is 14.2 Å². The van der Waals surface area contributed by atoms with Gasteiger partial charge in [0.15, 0.2) is 0 Å². The molecular weight excluding hydrogens is 450 g/mol. The maximum Gasteiger partial charge on any atom is 0.415 e. The van der Waals surface area contributed by atoms with Crippen molar-refractivity contribution < 1.29 is 27.1 Å². The van der Waals surface area contributed by atoms with Crippen LogP contribution in [-0.2, 0) is 4.74 Å². The molecule has 2 aromatic carbocycles. The molecule has 5 rings (SSSR count). The molecule has 2 fully saturated rings. The fraction of sp³-hybridized carbons (Fsp3) is 0.440. The quantitative estimate of drug-likeness (QED) is 0.414. The van der Waals surface area contributed by atoms with Crippen molar-refractivity contribution in [2.24, 2.45) is 5.92 Å². The van der Waals surface area contributed by atoms with Gasteiger partial charge in [-0.15, -0.1) is 0 Å². The molecule has 1 atom stereocenters. The third kappa shape index (κ3) is 4.35. The van der Waals surface area contributed by atoms with Crippen LogP contribution in [0.25, 0.3) is 11.0 Å². The zero-order chi connectivity index (χ0) is 23.9. The minimum absolute atomic E-state index is 0.0260. The van der Waals surface area contributed by atoms with Crippen LogP contribution in [-0.4, -0.2) is 28.8 Å². The summed E-state index contributed by atoms with van der Waals surface area (Å²) in [5.41, 5.74) is 3.23. The number of ether oxygens (including phenoxy) is 1. The molecule has 1 aliphatic heterocycles. The van der Waals surface area contributed by atoms with Crippen LogP contribution in [0.3, 0.4) is 0 Å². The van der Waals surface area contributed by atoms with Gasteiger partial charge in [-0.2, -0.15) is 13.2 Å². The normalized spacial score (nSPS) is 24.2. The minimum Gasteiger partial charge on any atom is -0.447 e. The molecule has 0 unspecified atom stereocenters. The third-order valence-corrected chi connectivity index (χ3v) is 7.08. The number of halogens is 4. The number of H-pyrrole nitrogens is 1. The summed E-state index contributed by atoms with van der Waals surface area (Å²) in [6.45, 7) is 0.0262. The van der Waals surface area contributed by atoms with Crippen LogP contribution in [0.15, 0.2) is 42.7 Å². The number of anilines is 1. The summed E-state index contributed by atoms with van der Waals surface area (Å²) in [6, 6.07) is 9.67. The number of hydrogen-bond donors (Lipinski definition) is 1. The summed E-state index contributed by atoms with van der Waals surface area (Å²) in [5, 5.41) is 0. The highest BCUT2D eigenvalue weighted by molar-refractivity contribution is 5.93. The molecule has 180 valence electrons. The van der Waals surface area contributed by atoms with Crippen molar-refractivity contribution >= 4 is 22.8 Å². The number of carbonyl (C=O) groups excluding carboxylic acids is 1. The van der Waals surface area contributed by atoms with Crippen molar-refractivity contribution in [3.05, 3.63) is 59.7 Å². The smallest absolute Gasteiger partial charge is 0.415 e. The number of fused-ring (bicyclic) bond motifs is 1. The first-order valence-electron chi connectivity index (χ1n) is 11.6. The van der Waals surface area contributed by atoms with Gasteiger partial charge in [0.05, 0.1) is 29.0 Å². The first kappa shape index (κ1) is 22.7. The Morgan fingerprint density at radius 2 is 1.79 bits per heavy atom. The lowest BCUT2D eigenvalue weighted by molar-refractivity contribution is -0.179. The average molecular weight is 475 g/mol. The van der Waals surface area contributed by atoms with E-state index in [-0.39, 0.29) is 25.4 Å². The highest BCUT2D eigenvalue weighted by Gasteiger charge is 2.40. The lowest BCUT2D eigenvalue weighted by Gasteiger charge is -2.27. The van der Waals surface area contributed by atoms with E-state index in [1.165, 1.54) is 11.0 Å². The van der Waals surface area contributed by atoms with Crippen molar-refractivity contribution in [2.45, 2.75) is 56.7 Å². The van der Waals surface area contributed by atoms with Gasteiger partial charge in [0.1, 0.15) is 18.5 Å². The second kappa shape index (κ2) is 8.92. The zero-order valence-corrected chi connectivity index (χ0v) is 18.4. The molecule has 2 aliphatic rings. The highest BCUT2D eigenvalue weighted by Crippen LogP contribution is 2.41. The topological polar surface area (TPSA) is 58.2 Å². The largest absolute Gasteiger partial charge is 0.447 e. The second-order valence-electron chi connectivity index (χ2n) is 9.14. The Bertz CT molecular complexity index is 1180. The lowest BCUT2D eigenvalue weighted by Crippen LogP contribution is -2.28. The number of benzene rings is 2. The van der Waals surface area contributed by atoms with E-state index >= 15 is 4.39 Å². The fourth-order valence-corrected chi connectivity index (χ4v) is 5.25. The van der Waals surface area contributed by atoms with Gasteiger partial charge >= 0.3 is 12.3 Å². The predicted octanol–water partition coefficient (Wildman–Crippen LogP) is 7.02. The van der Waals surface area contributed by atoms with Gasteiger partial charge in [-0.3, -0.25) is 4.90 Å². The highest BCUT2D eigenvalue weighted by atomic mass is 19.4. The van der Waals surface area contributed by atoms with E-state index in [1.54, 1.807) is 30.6 Å². The van der Waals surface area contributed by atoms with Crippen molar-refractivity contribution in [3.8, 4) is 0 Å². The summed E-state index contributed by atoms with van der Waals surface area (Å²) < 4.78 is 59.8. The second-order valence-corrected chi connectivity index (χ2v) is 9.14. The Morgan fingerprint density at radius 3 is 2.50 bits per heavy atom. The molecule has 0 bridgehead atoms. The van der Waals surface area contributed by atoms with Gasteiger partial charge in [-0.1, -0.05) is 25.0 Å². The number of aromatic amines is 1. The van der Waals surface area contributed by atoms with Crippen molar-refractivity contribution in [3.63, 3.8) is 0 Å². The number of nitrogens with zero attached hydrogens (tertiary/aromatic N) is 2. The van der Waals surface area contributed by atoms with Crippen LogP contribution in [0, 0.1) is 11.7 Å². The number of cyclic esters (lactones) is 1. The van der Waals surface area contributed by atoms with Gasteiger partial charge in [0.25, 0.3) is 0 Å². The summed E-state index contributed by atoms with van der Waals surface area (Å²) in [4.78, 5) is 21.1. The molecular formula is C25H25F4N3O2. The SMILES string of the molecule is O=C1OC[C@H](c2ccc(C3CCCC(C(F)(F)F)CCC3)cc2F)N1c1ccc2nc[nH]c2c1. The first-order chi connectivity index (χ1) is 16.3. The number of carbonyl (C=O) groups is 1. The fourth-order valence-electron chi connectivity index (χ4n) is 5.25. The van der Waals surface area contributed by atoms with Gasteiger partial charge in [-0.05, 0) is 61.4 Å². The van der Waals surface area contributed by atoms with Crippen LogP contribution < -0.4 is 4.90 Å². The first-order valence-corrected chi connectivity index (χ1v) is 11.6. The van der Waals surface area contributed by atoms with Crippen LogP contribution in [0.4, 0.5) is 28.0 Å². The van der Waals surface area contributed by atoms with E-state index in [9.17, 15) is 18.0 Å². The molecule has 1 aliphatic carbocycles. The number of nitrogens with one attached hydrogen (secondary N) is 1. The molecule has 1 saturated heterocycles. The van der Waals surface area contributed by atoms with Crippen molar-refractivity contribution in [1.29, 1.82) is 0 Å². The number of alkyl halides is 3. The van der Waals surface area contributed by atoms with Crippen LogP contribution >= 0.6 is 0 Å². The van der Waals surface area contributed by atoms with Crippen LogP contribution in [0.5, 0.6) is 0 Å². The molecule has 5 nitrogen and oxygen atoms in total. The van der Waals surface area contributed by atoms with Gasteiger partial charge in [0.2, 0.25) is 0 Å². The minimum atomic E-state index is -4.14. The maximum absolute atomic E-state index is 15.3. The molecule has 1 saturated carbocycles. The van der Waals surface area contributed by atoms with E-state index in [0.29, 0.717) is 36.9 Å². The number of imidazole rings is 1. The molecule has 3 aromatic rings. The molecule has 0 spiro atoms. The molecule has 0 radical (unpaired) electrons. The van der Waals surface area contributed by atoms with Crippen LogP contribution in [0.2, 0.25) is 0 Å². The van der Waals surface area contributed by atoms with Crippen molar-refractivity contribution in [1.82, 2.24) is 9.97 Å². The zero-order valence-electron chi connectivity index (χ0n) is 18.4. The maximum atomic E-state index is 15.3. The molecule has 1 aromatic heterocycles. The average Bonchev–Trinajstić information content (AvgIpc) is 3.38. The third-order valence-electron chi connectivity index (χ3n) is 7.08. The van der Waals surface area contributed by atoms with E-state index in [4.69, 9.17) is 4.74 Å². The number of amides is 1. The standard InChI is InChI=1S/C25H25F4N3O2/c26-20-11-16(15-3-1-5-17(6-2-4-15)25(27,28)29)7-9-19(20)23-13-34-24(33)32(23)18-8-10-21-22(12-18)31-14-30-21/h7-12,14-15,17,23H,1-6,13H2,(H,30,31)/t15?,17?,23-/m1/s1. The number of hydrogen-bond acceptors (Lipinski definition) is 3. The van der Waals surface area contributed by atoms with Gasteiger partial charge in [0, 0.05) is 5.56 Å².